The minimum Gasteiger partial charge on any atom is -0.345 e. The summed E-state index contributed by atoms with van der Waals surface area (Å²) in [4.78, 5) is 23.3. The Kier molecular flexibility index (Phi) is 60.0. The Bertz CT molecular complexity index is 264. The SMILES string of the molecule is CC.CC.CC.CC.CF.CNC(C(=O)NC(CCCN)C(C)=O)C(C)C. The van der Waals surface area contributed by atoms with E-state index in [2.05, 4.69) is 10.6 Å². The molecule has 0 bridgehead atoms. The molecule has 0 saturated heterocycles. The van der Waals surface area contributed by atoms with Crippen LogP contribution in [0, 0.1) is 5.92 Å². The molecule has 0 radical (unpaired) electrons. The van der Waals surface area contributed by atoms with E-state index in [1.807, 2.05) is 69.2 Å². The lowest BCUT2D eigenvalue weighted by Crippen LogP contribution is -2.51. The molecular formula is C21H52FN3O2. The number of alkyl halides is 1. The molecule has 0 fully saturated rings. The van der Waals surface area contributed by atoms with Crippen LogP contribution in [0.4, 0.5) is 4.39 Å². The maximum absolute atomic E-state index is 11.9. The van der Waals surface area contributed by atoms with E-state index in [-0.39, 0.29) is 23.7 Å². The number of nitrogens with two attached hydrogens (primary N) is 1. The van der Waals surface area contributed by atoms with Gasteiger partial charge >= 0.3 is 0 Å². The average molecular weight is 398 g/mol. The predicted octanol–water partition coefficient (Wildman–Crippen LogP) is 4.73. The van der Waals surface area contributed by atoms with Crippen molar-refractivity contribution < 1.29 is 14.0 Å². The fraction of sp³-hybridized carbons (Fsp3) is 0.905. The highest BCUT2D eigenvalue weighted by Gasteiger charge is 2.24. The second-order valence-corrected chi connectivity index (χ2v) is 4.61. The van der Waals surface area contributed by atoms with Crippen LogP contribution >= 0.6 is 0 Å². The topological polar surface area (TPSA) is 84.2 Å². The molecule has 4 N–H and O–H groups in total. The Labute approximate surface area is 170 Å². The van der Waals surface area contributed by atoms with Crippen LogP contribution in [0.15, 0.2) is 0 Å². The number of carbonyl (C=O) groups is 2. The second-order valence-electron chi connectivity index (χ2n) is 4.61. The lowest BCUT2D eigenvalue weighted by molar-refractivity contribution is -0.129. The number of hydrogen-bond acceptors (Lipinski definition) is 4. The molecule has 0 heterocycles. The highest BCUT2D eigenvalue weighted by Crippen LogP contribution is 2.04. The van der Waals surface area contributed by atoms with Gasteiger partial charge in [-0.1, -0.05) is 69.2 Å². The number of rotatable bonds is 8. The van der Waals surface area contributed by atoms with Crippen LogP contribution in [0.25, 0.3) is 0 Å². The first-order valence-corrected chi connectivity index (χ1v) is 10.5. The first-order valence-electron chi connectivity index (χ1n) is 10.5. The molecule has 0 aliphatic heterocycles. The molecule has 6 heteroatoms. The summed E-state index contributed by atoms with van der Waals surface area (Å²) in [6.07, 6.45) is 1.34. The van der Waals surface area contributed by atoms with Gasteiger partial charge in [0.15, 0.2) is 5.78 Å². The molecule has 0 saturated carbocycles. The van der Waals surface area contributed by atoms with Crippen molar-refractivity contribution in [3.8, 4) is 0 Å². The molecular weight excluding hydrogens is 345 g/mol. The van der Waals surface area contributed by atoms with Gasteiger partial charge in [0.05, 0.1) is 19.3 Å². The van der Waals surface area contributed by atoms with E-state index in [1.54, 1.807) is 7.05 Å². The van der Waals surface area contributed by atoms with E-state index in [4.69, 9.17) is 5.73 Å². The largest absolute Gasteiger partial charge is 0.345 e. The summed E-state index contributed by atoms with van der Waals surface area (Å²) in [7, 11) is 2.24. The summed E-state index contributed by atoms with van der Waals surface area (Å²) < 4.78 is 9.50. The third kappa shape index (κ3) is 30.0. The van der Waals surface area contributed by atoms with E-state index >= 15 is 0 Å². The second kappa shape index (κ2) is 39.9. The van der Waals surface area contributed by atoms with E-state index < -0.39 is 6.04 Å². The van der Waals surface area contributed by atoms with E-state index in [9.17, 15) is 14.0 Å². The van der Waals surface area contributed by atoms with E-state index in [0.29, 0.717) is 20.1 Å². The van der Waals surface area contributed by atoms with Gasteiger partial charge in [-0.2, -0.15) is 0 Å². The first-order chi connectivity index (χ1) is 12.9. The molecule has 5 nitrogen and oxygen atoms in total. The minimum absolute atomic E-state index is 0.0228. The smallest absolute Gasteiger partial charge is 0.237 e. The number of carbonyl (C=O) groups excluding carboxylic acids is 2. The minimum atomic E-state index is -0.416. The van der Waals surface area contributed by atoms with Crippen LogP contribution in [-0.2, 0) is 9.59 Å². The summed E-state index contributed by atoms with van der Waals surface area (Å²) in [6.45, 7) is 21.9. The van der Waals surface area contributed by atoms with Crippen molar-refractivity contribution in [1.82, 2.24) is 10.6 Å². The zero-order valence-corrected chi connectivity index (χ0v) is 20.6. The Morgan fingerprint density at radius 2 is 1.30 bits per heavy atom. The average Bonchev–Trinajstić information content (AvgIpc) is 2.72. The molecule has 0 aromatic carbocycles. The summed E-state index contributed by atoms with van der Waals surface area (Å²) >= 11 is 0. The number of likely N-dealkylation sites (N-methyl/N-ethyl adjacent to an activating group) is 1. The van der Waals surface area contributed by atoms with Crippen molar-refractivity contribution in [2.24, 2.45) is 11.7 Å². The Morgan fingerprint density at radius 3 is 1.52 bits per heavy atom. The van der Waals surface area contributed by atoms with Crippen molar-refractivity contribution in [2.45, 2.75) is 101 Å². The number of hydrogen-bond donors (Lipinski definition) is 3. The molecule has 2 unspecified atom stereocenters. The van der Waals surface area contributed by atoms with Crippen LogP contribution in [0.1, 0.15) is 89.0 Å². The van der Waals surface area contributed by atoms with Gasteiger partial charge in [0.2, 0.25) is 5.91 Å². The van der Waals surface area contributed by atoms with Crippen LogP contribution in [0.5, 0.6) is 0 Å². The number of halogens is 1. The maximum atomic E-state index is 11.9. The monoisotopic (exact) mass is 397 g/mol. The summed E-state index contributed by atoms with van der Waals surface area (Å²) in [5, 5.41) is 5.73. The first kappa shape index (κ1) is 40.6. The number of amides is 1. The fourth-order valence-corrected chi connectivity index (χ4v) is 1.73. The normalized spacial score (nSPS) is 10.2. The fourth-order valence-electron chi connectivity index (χ4n) is 1.73. The van der Waals surface area contributed by atoms with Crippen LogP contribution in [0.2, 0.25) is 0 Å². The Balaban J connectivity index is -0.0000000945. The lowest BCUT2D eigenvalue weighted by atomic mass is 10.0. The molecule has 27 heavy (non-hydrogen) atoms. The molecule has 170 valence electrons. The standard InChI is InChI=1S/C12H25N3O2.4C2H6.CH3F/c1-8(2)11(14-4)12(17)15-10(9(3)16)6-5-7-13;5*1-2/h8,10-11,14H,5-7,13H2,1-4H3,(H,15,17);4*1-2H3;1H3. The predicted molar refractivity (Wildman–Crippen MR) is 121 cm³/mol. The highest BCUT2D eigenvalue weighted by atomic mass is 19.1. The van der Waals surface area contributed by atoms with Crippen LogP contribution < -0.4 is 16.4 Å². The van der Waals surface area contributed by atoms with Gasteiger partial charge in [-0.25, -0.2) is 0 Å². The number of nitrogens with one attached hydrogen (secondary N) is 2. The zero-order valence-electron chi connectivity index (χ0n) is 20.6. The van der Waals surface area contributed by atoms with E-state index in [1.165, 1.54) is 6.92 Å². The molecule has 0 aliphatic carbocycles. The summed E-state index contributed by atoms with van der Waals surface area (Å²) in [5.74, 6) is 0.0345. The lowest BCUT2D eigenvalue weighted by Gasteiger charge is -2.23. The highest BCUT2D eigenvalue weighted by molar-refractivity contribution is 5.89. The number of Topliss-reactive ketones (excluding diaryl/α,β-unsaturated/α-hetero) is 1. The van der Waals surface area contributed by atoms with Crippen molar-refractivity contribution in [1.29, 1.82) is 0 Å². The van der Waals surface area contributed by atoms with Gasteiger partial charge in [0.1, 0.15) is 0 Å². The molecule has 0 rings (SSSR count). The Hall–Kier alpha value is -1.01. The van der Waals surface area contributed by atoms with Crippen molar-refractivity contribution >= 4 is 11.7 Å². The molecule has 0 aromatic heterocycles. The van der Waals surface area contributed by atoms with Gasteiger partial charge in [0, 0.05) is 0 Å². The maximum Gasteiger partial charge on any atom is 0.237 e. The van der Waals surface area contributed by atoms with Gasteiger partial charge in [-0.05, 0) is 39.3 Å². The molecule has 0 aliphatic rings. The quantitative estimate of drug-likeness (QED) is 0.552. The van der Waals surface area contributed by atoms with Crippen LogP contribution in [0.3, 0.4) is 0 Å². The van der Waals surface area contributed by atoms with E-state index in [0.717, 1.165) is 6.42 Å². The third-order valence-corrected chi connectivity index (χ3v) is 2.76. The van der Waals surface area contributed by atoms with Crippen LogP contribution in [-0.4, -0.2) is 44.5 Å². The van der Waals surface area contributed by atoms with Gasteiger partial charge in [0.25, 0.3) is 0 Å². The molecule has 2 atom stereocenters. The number of ketones is 1. The molecule has 0 aromatic rings. The Morgan fingerprint density at radius 1 is 0.926 bits per heavy atom. The van der Waals surface area contributed by atoms with Gasteiger partial charge < -0.3 is 16.4 Å². The zero-order chi connectivity index (χ0) is 23.4. The van der Waals surface area contributed by atoms with Crippen molar-refractivity contribution in [3.63, 3.8) is 0 Å². The molecule has 1 amide bonds. The van der Waals surface area contributed by atoms with Crippen molar-refractivity contribution in [3.05, 3.63) is 0 Å². The molecule has 0 spiro atoms. The van der Waals surface area contributed by atoms with Gasteiger partial charge in [-0.15, -0.1) is 0 Å². The van der Waals surface area contributed by atoms with Gasteiger partial charge in [-0.3, -0.25) is 14.0 Å². The third-order valence-electron chi connectivity index (χ3n) is 2.76. The summed E-state index contributed by atoms with van der Waals surface area (Å²) in [6, 6.07) is -0.685. The van der Waals surface area contributed by atoms with Crippen molar-refractivity contribution in [2.75, 3.05) is 20.8 Å². The summed E-state index contributed by atoms with van der Waals surface area (Å²) in [5.41, 5.74) is 5.41.